The number of rotatable bonds is 5. The molecule has 3 rings (SSSR count). The van der Waals surface area contributed by atoms with E-state index in [9.17, 15) is 0 Å². The molecule has 0 unspecified atom stereocenters. The van der Waals surface area contributed by atoms with Crippen molar-refractivity contribution in [2.75, 3.05) is 5.75 Å². The number of H-pyrrole nitrogens is 1. The average Bonchev–Trinajstić information content (AvgIpc) is 2.92. The zero-order chi connectivity index (χ0) is 13.8. The Bertz CT molecular complexity index is 682. The third-order valence-electron chi connectivity index (χ3n) is 2.96. The summed E-state index contributed by atoms with van der Waals surface area (Å²) in [5.74, 6) is 2.97. The molecule has 0 saturated carbocycles. The van der Waals surface area contributed by atoms with Crippen molar-refractivity contribution in [3.63, 3.8) is 0 Å². The number of nitrogens with one attached hydrogen (secondary N) is 1. The van der Waals surface area contributed by atoms with Gasteiger partial charge in [-0.05, 0) is 24.3 Å². The zero-order valence-corrected chi connectivity index (χ0v) is 14.0. The number of imidazole rings is 1. The second-order valence-corrected chi connectivity index (χ2v) is 7.06. The SMILES string of the molecule is CCSSCc1cccc[n+]1-c1nc2ccccc2[nH]1.[Cl-]. The Labute approximate surface area is 138 Å². The van der Waals surface area contributed by atoms with Crippen molar-refractivity contribution in [3.8, 4) is 5.95 Å². The number of aromatic amines is 1. The Kier molecular flexibility index (Phi) is 5.96. The van der Waals surface area contributed by atoms with Gasteiger partial charge in [-0.25, -0.2) is 9.55 Å². The zero-order valence-electron chi connectivity index (χ0n) is 11.6. The number of nitrogens with zero attached hydrogens (tertiary/aromatic N) is 2. The molecule has 0 saturated heterocycles. The molecule has 0 radical (unpaired) electrons. The fourth-order valence-corrected chi connectivity index (χ4v) is 3.76. The lowest BCUT2D eigenvalue weighted by molar-refractivity contribution is -0.610. The second kappa shape index (κ2) is 7.73. The molecule has 21 heavy (non-hydrogen) atoms. The van der Waals surface area contributed by atoms with Crippen LogP contribution in [0.25, 0.3) is 17.0 Å². The number of aromatic nitrogens is 3. The largest absolute Gasteiger partial charge is 1.00 e. The Hall–Kier alpha value is -1.17. The van der Waals surface area contributed by atoms with E-state index in [1.807, 2.05) is 45.9 Å². The van der Waals surface area contributed by atoms with Gasteiger partial charge < -0.3 is 12.4 Å². The summed E-state index contributed by atoms with van der Waals surface area (Å²) >= 11 is 0. The highest BCUT2D eigenvalue weighted by molar-refractivity contribution is 8.76. The van der Waals surface area contributed by atoms with Gasteiger partial charge in [0.2, 0.25) is 0 Å². The Morgan fingerprint density at radius 2 is 1.90 bits per heavy atom. The average molecular weight is 338 g/mol. The molecule has 3 aromatic rings. The van der Waals surface area contributed by atoms with Gasteiger partial charge in [-0.1, -0.05) is 51.7 Å². The van der Waals surface area contributed by atoms with Gasteiger partial charge in [0.15, 0.2) is 5.52 Å². The molecule has 0 bridgehead atoms. The number of hydrogen-bond donors (Lipinski definition) is 1. The summed E-state index contributed by atoms with van der Waals surface area (Å²) in [6.45, 7) is 2.18. The first kappa shape index (κ1) is 16.2. The molecule has 2 heterocycles. The van der Waals surface area contributed by atoms with E-state index in [0.717, 1.165) is 28.5 Å². The van der Waals surface area contributed by atoms with E-state index in [1.54, 1.807) is 0 Å². The highest BCUT2D eigenvalue weighted by atomic mass is 35.5. The van der Waals surface area contributed by atoms with Crippen molar-refractivity contribution in [3.05, 3.63) is 54.4 Å². The van der Waals surface area contributed by atoms with Crippen LogP contribution < -0.4 is 17.0 Å². The van der Waals surface area contributed by atoms with E-state index in [2.05, 4.69) is 45.9 Å². The van der Waals surface area contributed by atoms with Crippen LogP contribution in [0.15, 0.2) is 48.7 Å². The van der Waals surface area contributed by atoms with Crippen LogP contribution in [0.4, 0.5) is 0 Å². The van der Waals surface area contributed by atoms with Crippen molar-refractivity contribution < 1.29 is 17.0 Å². The minimum atomic E-state index is 0. The third-order valence-corrected chi connectivity index (χ3v) is 5.33. The van der Waals surface area contributed by atoms with E-state index < -0.39 is 0 Å². The monoisotopic (exact) mass is 337 g/mol. The number of fused-ring (bicyclic) bond motifs is 1. The summed E-state index contributed by atoms with van der Waals surface area (Å²) in [5, 5.41) is 0. The Balaban J connectivity index is 0.00000161. The number of para-hydroxylation sites is 2. The summed E-state index contributed by atoms with van der Waals surface area (Å²) in [6, 6.07) is 14.4. The van der Waals surface area contributed by atoms with Gasteiger partial charge in [0.1, 0.15) is 5.52 Å². The van der Waals surface area contributed by atoms with Gasteiger partial charge >= 0.3 is 5.95 Å². The van der Waals surface area contributed by atoms with Crippen LogP contribution in [-0.4, -0.2) is 15.7 Å². The topological polar surface area (TPSA) is 32.6 Å². The molecule has 2 aromatic heterocycles. The highest BCUT2D eigenvalue weighted by Crippen LogP contribution is 2.24. The van der Waals surface area contributed by atoms with Crippen molar-refractivity contribution in [2.24, 2.45) is 0 Å². The summed E-state index contributed by atoms with van der Waals surface area (Å²) in [7, 11) is 3.76. The standard InChI is InChI=1S/C15H16N3S2.ClH/c1-2-19-20-11-12-7-5-6-10-18(12)15-16-13-8-3-4-9-14(13)17-15;/h3-10H,2,11H2,1H3,(H,16,17);1H/q+1;/p-1. The summed E-state index contributed by atoms with van der Waals surface area (Å²) in [6.07, 6.45) is 2.06. The molecule has 6 heteroatoms. The molecule has 0 amide bonds. The third kappa shape index (κ3) is 3.73. The summed E-state index contributed by atoms with van der Waals surface area (Å²) in [5.41, 5.74) is 3.32. The first-order valence-electron chi connectivity index (χ1n) is 6.57. The summed E-state index contributed by atoms with van der Waals surface area (Å²) in [4.78, 5) is 8.04. The van der Waals surface area contributed by atoms with Gasteiger partial charge in [0, 0.05) is 5.75 Å². The van der Waals surface area contributed by atoms with Crippen molar-refractivity contribution in [1.82, 2.24) is 9.97 Å². The second-order valence-electron chi connectivity index (χ2n) is 4.31. The number of hydrogen-bond acceptors (Lipinski definition) is 3. The maximum Gasteiger partial charge on any atom is 0.402 e. The fourth-order valence-electron chi connectivity index (χ4n) is 2.04. The van der Waals surface area contributed by atoms with Crippen molar-refractivity contribution in [2.45, 2.75) is 12.7 Å². The first-order chi connectivity index (χ1) is 9.88. The van der Waals surface area contributed by atoms with Crippen LogP contribution in [0.2, 0.25) is 0 Å². The van der Waals surface area contributed by atoms with Gasteiger partial charge in [-0.15, -0.1) is 0 Å². The lowest BCUT2D eigenvalue weighted by Gasteiger charge is -2.03. The molecule has 1 N–H and O–H groups in total. The lowest BCUT2D eigenvalue weighted by atomic mass is 10.3. The van der Waals surface area contributed by atoms with E-state index in [-0.39, 0.29) is 12.4 Å². The van der Waals surface area contributed by atoms with Crippen LogP contribution in [-0.2, 0) is 5.75 Å². The van der Waals surface area contributed by atoms with Gasteiger partial charge in [-0.2, -0.15) is 0 Å². The molecule has 0 aliphatic carbocycles. The molecule has 0 spiro atoms. The molecule has 0 fully saturated rings. The van der Waals surface area contributed by atoms with Gasteiger partial charge in [0.05, 0.1) is 17.6 Å². The van der Waals surface area contributed by atoms with Crippen LogP contribution in [0.1, 0.15) is 12.6 Å². The quantitative estimate of drug-likeness (QED) is 0.423. The highest BCUT2D eigenvalue weighted by Gasteiger charge is 2.15. The molecular formula is C15H16ClN3S2. The van der Waals surface area contributed by atoms with Crippen LogP contribution in [0, 0.1) is 0 Å². The van der Waals surface area contributed by atoms with Crippen LogP contribution in [0.5, 0.6) is 0 Å². The molecule has 0 aliphatic heterocycles. The van der Waals surface area contributed by atoms with E-state index >= 15 is 0 Å². The number of pyridine rings is 1. The Morgan fingerprint density at radius 3 is 2.71 bits per heavy atom. The fraction of sp³-hybridized carbons (Fsp3) is 0.200. The van der Waals surface area contributed by atoms with Gasteiger partial charge in [0.25, 0.3) is 0 Å². The minimum absolute atomic E-state index is 0. The van der Waals surface area contributed by atoms with Crippen LogP contribution in [0.3, 0.4) is 0 Å². The molecule has 110 valence electrons. The smallest absolute Gasteiger partial charge is 0.402 e. The molecular weight excluding hydrogens is 322 g/mol. The molecule has 0 atom stereocenters. The molecule has 0 aliphatic rings. The number of benzene rings is 1. The normalized spacial score (nSPS) is 10.5. The Morgan fingerprint density at radius 1 is 1.10 bits per heavy atom. The predicted octanol–water partition coefficient (Wildman–Crippen LogP) is 0.745. The van der Waals surface area contributed by atoms with Crippen molar-refractivity contribution >= 4 is 32.6 Å². The minimum Gasteiger partial charge on any atom is -1.00 e. The van der Waals surface area contributed by atoms with E-state index in [0.29, 0.717) is 0 Å². The number of halogens is 1. The van der Waals surface area contributed by atoms with Gasteiger partial charge in [-0.3, -0.25) is 0 Å². The molecule has 1 aromatic carbocycles. The van der Waals surface area contributed by atoms with Crippen molar-refractivity contribution in [1.29, 1.82) is 0 Å². The van der Waals surface area contributed by atoms with Crippen LogP contribution >= 0.6 is 21.6 Å². The maximum atomic E-state index is 4.66. The summed E-state index contributed by atoms with van der Waals surface area (Å²) < 4.78 is 2.13. The first-order valence-corrected chi connectivity index (χ1v) is 9.06. The van der Waals surface area contributed by atoms with E-state index in [1.165, 1.54) is 5.69 Å². The predicted molar refractivity (Wildman–Crippen MR) is 87.1 cm³/mol. The maximum absolute atomic E-state index is 4.66. The molecule has 3 nitrogen and oxygen atoms in total. The lowest BCUT2D eigenvalue weighted by Crippen LogP contribution is -3.00. The van der Waals surface area contributed by atoms with E-state index in [4.69, 9.17) is 0 Å².